The molecule has 0 spiro atoms. The van der Waals surface area contributed by atoms with Gasteiger partial charge in [-0.25, -0.2) is 4.79 Å². The highest BCUT2D eigenvalue weighted by molar-refractivity contribution is 7.24. The van der Waals surface area contributed by atoms with Crippen LogP contribution in [0.15, 0.2) is 151 Å². The van der Waals surface area contributed by atoms with Gasteiger partial charge in [-0.3, -0.25) is 0 Å². The molecule has 0 amide bonds. The fourth-order valence-electron chi connectivity index (χ4n) is 14.4. The van der Waals surface area contributed by atoms with Crippen molar-refractivity contribution in [3.63, 3.8) is 0 Å². The number of unbranched alkanes of at least 4 members (excludes halogenated alkanes) is 6. The van der Waals surface area contributed by atoms with Crippen molar-refractivity contribution >= 4 is 112 Å². The molecular weight excluding hydrogens is 1110 g/mol. The summed E-state index contributed by atoms with van der Waals surface area (Å²) in [5.41, 5.74) is 18.3. The summed E-state index contributed by atoms with van der Waals surface area (Å²) < 4.78 is 12.7. The predicted molar refractivity (Wildman–Crippen MR) is 367 cm³/mol. The number of carboxylic acid groups (broad SMARTS) is 1. The molecule has 1 aliphatic carbocycles. The van der Waals surface area contributed by atoms with Crippen molar-refractivity contribution in [1.29, 1.82) is 5.26 Å². The molecule has 9 aromatic carbocycles. The van der Waals surface area contributed by atoms with Gasteiger partial charge < -0.3 is 9.67 Å². The Balaban J connectivity index is 0.914. The smallest absolute Gasteiger partial charge is 0.346 e. The Bertz CT molecular complexity index is 4660. The number of nitriles is 1. The lowest BCUT2D eigenvalue weighted by atomic mass is 9.71. The molecule has 0 unspecified atom stereocenters. The van der Waals surface area contributed by atoms with Gasteiger partial charge in [0.25, 0.3) is 0 Å². The SMILES string of the molecule is CCCCCCC1(CCCCCC)c2cc(/C=C(/C#N)C(=O)O)sc2-c2sc(-c3ccc(-c4ccc(-n5c6cc(-c7ccc(C(C)(C)C)cc7)c7cccc8c9cccc%10c(-c%11ccc(C(C)(C)C)cc%11)cc5c(c%109)c6c78)cc4)c4nsnc34)cc21. The van der Waals surface area contributed by atoms with Gasteiger partial charge in [0.15, 0.2) is 0 Å². The van der Waals surface area contributed by atoms with Crippen LogP contribution in [-0.2, 0) is 21.0 Å². The molecule has 0 fully saturated rings. The standard InChI is InChI=1S/C77H70N4O2S3/c1-9-11-13-15-37-77(38-16-14-12-10-2)61-40-52(39-48(44-78)74(82)83)84-72(61)73-62(77)43-65(85-73)58-36-35-53(70-71(58)80-86-79-70)45-27-33-51(34-28-45)81-63-41-59(46-23-29-49(30-24-46)75(3,4)5)56-21-17-19-54-55-20-18-22-57-60(47-25-31-50(32-26-47)76(6,7)8)42-64(81)69(67(55)57)68(63)66(54)56/h17-36,39-43H,9-16,37-38H2,1-8H3,(H,82,83)/b48-39-. The second-order valence-electron chi connectivity index (χ2n) is 26.2. The predicted octanol–water partition coefficient (Wildman–Crippen LogP) is 22.7. The minimum Gasteiger partial charge on any atom is -0.477 e. The van der Waals surface area contributed by atoms with Crippen LogP contribution >= 0.6 is 34.4 Å². The molecule has 9 heteroatoms. The Morgan fingerprint density at radius 3 is 1.55 bits per heavy atom. The lowest BCUT2D eigenvalue weighted by Gasteiger charge is -2.31. The van der Waals surface area contributed by atoms with E-state index in [2.05, 4.69) is 206 Å². The molecule has 1 N–H and O–H groups in total. The monoisotopic (exact) mass is 1180 g/mol. The van der Waals surface area contributed by atoms with Crippen LogP contribution < -0.4 is 0 Å². The van der Waals surface area contributed by atoms with Gasteiger partial charge in [0.1, 0.15) is 22.7 Å². The normalized spacial score (nSPS) is 13.6. The van der Waals surface area contributed by atoms with E-state index in [4.69, 9.17) is 8.75 Å². The number of fused-ring (bicyclic) bond motifs is 5. The largest absolute Gasteiger partial charge is 0.477 e. The van der Waals surface area contributed by atoms with Crippen molar-refractivity contribution in [2.75, 3.05) is 0 Å². The third-order valence-electron chi connectivity index (χ3n) is 18.8. The van der Waals surface area contributed by atoms with Crippen LogP contribution in [0.1, 0.15) is 147 Å². The summed E-state index contributed by atoms with van der Waals surface area (Å²) in [4.78, 5) is 16.6. The summed E-state index contributed by atoms with van der Waals surface area (Å²) in [7, 11) is 0. The number of benzene rings is 9. The first-order chi connectivity index (χ1) is 41.6. The second kappa shape index (κ2) is 21.4. The molecular formula is C77H70N4O2S3. The summed E-state index contributed by atoms with van der Waals surface area (Å²) in [5, 5.41) is 30.0. The average molecular weight is 1180 g/mol. The average Bonchev–Trinajstić information content (AvgIpc) is 1.47. The summed E-state index contributed by atoms with van der Waals surface area (Å²) >= 11 is 4.72. The maximum absolute atomic E-state index is 12.1. The van der Waals surface area contributed by atoms with Crippen molar-refractivity contribution in [3.05, 3.63) is 178 Å². The topological polar surface area (TPSA) is 91.8 Å². The molecule has 0 radical (unpaired) electrons. The molecule has 1 aliphatic rings. The van der Waals surface area contributed by atoms with Crippen molar-refractivity contribution in [3.8, 4) is 65.3 Å². The quantitative estimate of drug-likeness (QED) is 0.0322. The number of nitrogens with zero attached hydrogens (tertiary/aromatic N) is 4. The highest BCUT2D eigenvalue weighted by Crippen LogP contribution is 2.61. The third-order valence-corrected chi connectivity index (χ3v) is 21.8. The number of carboxylic acids is 1. The zero-order valence-corrected chi connectivity index (χ0v) is 52.8. The Hall–Kier alpha value is -8.00. The van der Waals surface area contributed by atoms with Crippen LogP contribution in [-0.4, -0.2) is 24.4 Å². The summed E-state index contributed by atoms with van der Waals surface area (Å²) in [6.45, 7) is 18.2. The Kier molecular flexibility index (Phi) is 13.9. The molecule has 4 heterocycles. The Morgan fingerprint density at radius 1 is 0.558 bits per heavy atom. The molecule has 6 nitrogen and oxygen atoms in total. The van der Waals surface area contributed by atoms with Crippen LogP contribution in [0.25, 0.3) is 130 Å². The molecule has 0 saturated carbocycles. The van der Waals surface area contributed by atoms with E-state index in [0.717, 1.165) is 64.0 Å². The van der Waals surface area contributed by atoms with Gasteiger partial charge in [0, 0.05) is 63.3 Å². The molecule has 4 aromatic heterocycles. The second-order valence-corrected chi connectivity index (χ2v) is 28.8. The van der Waals surface area contributed by atoms with Gasteiger partial charge >= 0.3 is 5.97 Å². The highest BCUT2D eigenvalue weighted by atomic mass is 32.1. The van der Waals surface area contributed by atoms with E-state index in [9.17, 15) is 15.2 Å². The maximum Gasteiger partial charge on any atom is 0.346 e. The van der Waals surface area contributed by atoms with E-state index in [0.29, 0.717) is 0 Å². The number of carbonyl (C=O) groups is 1. The Morgan fingerprint density at radius 2 is 1.03 bits per heavy atom. The van der Waals surface area contributed by atoms with Crippen LogP contribution in [0.2, 0.25) is 0 Å². The molecule has 0 atom stereocenters. The van der Waals surface area contributed by atoms with Crippen LogP contribution in [0.3, 0.4) is 0 Å². The zero-order valence-electron chi connectivity index (χ0n) is 50.4. The van der Waals surface area contributed by atoms with E-state index >= 15 is 0 Å². The van der Waals surface area contributed by atoms with E-state index < -0.39 is 5.97 Å². The Labute approximate surface area is 516 Å². The summed E-state index contributed by atoms with van der Waals surface area (Å²) in [6.07, 6.45) is 12.9. The van der Waals surface area contributed by atoms with Gasteiger partial charge in [0.2, 0.25) is 0 Å². The number of aliphatic carboxylic acids is 1. The number of rotatable bonds is 17. The fourth-order valence-corrected chi connectivity index (χ4v) is 17.6. The molecule has 14 rings (SSSR count). The third kappa shape index (κ3) is 9.08. The highest BCUT2D eigenvalue weighted by Gasteiger charge is 2.45. The van der Waals surface area contributed by atoms with Crippen molar-refractivity contribution in [2.45, 2.75) is 136 Å². The van der Waals surface area contributed by atoms with Gasteiger partial charge in [-0.15, -0.1) is 22.7 Å². The first kappa shape index (κ1) is 55.8. The summed E-state index contributed by atoms with van der Waals surface area (Å²) in [6, 6.07) is 57.5. The number of thiophene rings is 2. The molecule has 0 bridgehead atoms. The maximum atomic E-state index is 12.1. The van der Waals surface area contributed by atoms with Crippen molar-refractivity contribution in [2.24, 2.45) is 0 Å². The first-order valence-electron chi connectivity index (χ1n) is 30.8. The number of hydrogen-bond donors (Lipinski definition) is 1. The minimum absolute atomic E-state index is 0.0389. The lowest BCUT2D eigenvalue weighted by molar-refractivity contribution is -0.132. The van der Waals surface area contributed by atoms with Gasteiger partial charge in [-0.1, -0.05) is 216 Å². The van der Waals surface area contributed by atoms with E-state index in [1.54, 1.807) is 17.4 Å². The van der Waals surface area contributed by atoms with E-state index in [1.165, 1.54) is 164 Å². The first-order valence-corrected chi connectivity index (χ1v) is 33.2. The fraction of sp³-hybridized carbons (Fsp3) is 0.273. The zero-order chi connectivity index (χ0) is 59.4. The molecule has 86 heavy (non-hydrogen) atoms. The minimum atomic E-state index is -1.20. The number of hydrogen-bond acceptors (Lipinski definition) is 7. The molecule has 0 saturated heterocycles. The number of aromatic nitrogens is 3. The van der Waals surface area contributed by atoms with Gasteiger partial charge in [0.05, 0.1) is 22.8 Å². The summed E-state index contributed by atoms with van der Waals surface area (Å²) in [5.74, 6) is -1.20. The van der Waals surface area contributed by atoms with Crippen LogP contribution in [0.5, 0.6) is 0 Å². The van der Waals surface area contributed by atoms with Crippen LogP contribution in [0, 0.1) is 11.3 Å². The van der Waals surface area contributed by atoms with E-state index in [1.807, 2.05) is 17.4 Å². The molecule has 0 aliphatic heterocycles. The van der Waals surface area contributed by atoms with Gasteiger partial charge in [-0.05, 0) is 138 Å². The van der Waals surface area contributed by atoms with Gasteiger partial charge in [-0.2, -0.15) is 14.0 Å². The molecule has 13 aromatic rings. The van der Waals surface area contributed by atoms with Crippen molar-refractivity contribution < 1.29 is 9.90 Å². The lowest BCUT2D eigenvalue weighted by Crippen LogP contribution is -2.25. The molecule has 428 valence electrons. The van der Waals surface area contributed by atoms with E-state index in [-0.39, 0.29) is 21.8 Å². The van der Waals surface area contributed by atoms with Crippen LogP contribution in [0.4, 0.5) is 0 Å². The van der Waals surface area contributed by atoms with Crippen molar-refractivity contribution in [1.82, 2.24) is 13.3 Å².